The zero-order chi connectivity index (χ0) is 74.4. The van der Waals surface area contributed by atoms with Crippen LogP contribution in [-0.2, 0) is 65.4 Å². The number of carbonyl (C=O) groups is 4. The molecule has 101 heavy (non-hydrogen) atoms. The van der Waals surface area contributed by atoms with Gasteiger partial charge in [0.15, 0.2) is 12.2 Å². The Morgan fingerprint density at radius 1 is 0.267 bits per heavy atom. The van der Waals surface area contributed by atoms with E-state index < -0.39 is 97.5 Å². The van der Waals surface area contributed by atoms with E-state index in [0.717, 1.165) is 108 Å². The lowest BCUT2D eigenvalue weighted by Crippen LogP contribution is -2.30. The summed E-state index contributed by atoms with van der Waals surface area (Å²) in [6, 6.07) is 0. The molecular weight excluding hydrogens is 1320 g/mol. The smallest absolute Gasteiger partial charge is 0.462 e. The SMILES string of the molecule is CCCCCCCCCCCCCC(=O)O[C@H](COC(=O)CCCCCCCCCC(C)C)COP(=O)(O)OC[C@H](O)COP(=O)(O)OC[C@@H](COC(=O)CCCCCCCCCCCCCCCCCCC(C)C)OC(=O)CCCCCCCCCCCCCCCCCCCCC(C)C. The maximum absolute atomic E-state index is 13.1. The van der Waals surface area contributed by atoms with Crippen LogP contribution in [0.25, 0.3) is 0 Å². The van der Waals surface area contributed by atoms with Crippen LogP contribution >= 0.6 is 15.6 Å². The first-order chi connectivity index (χ1) is 48.7. The van der Waals surface area contributed by atoms with Gasteiger partial charge < -0.3 is 33.8 Å². The van der Waals surface area contributed by atoms with Crippen molar-refractivity contribution in [2.75, 3.05) is 39.6 Å². The molecule has 0 amide bonds. The van der Waals surface area contributed by atoms with Crippen molar-refractivity contribution in [3.8, 4) is 0 Å². The number of hydrogen-bond acceptors (Lipinski definition) is 15. The molecule has 5 atom stereocenters. The van der Waals surface area contributed by atoms with Crippen molar-refractivity contribution < 1.29 is 80.2 Å². The fraction of sp³-hybridized carbons (Fsp3) is 0.951. The van der Waals surface area contributed by atoms with Gasteiger partial charge in [-0.1, -0.05) is 376 Å². The Balaban J connectivity index is 5.20. The molecule has 0 aliphatic carbocycles. The van der Waals surface area contributed by atoms with Gasteiger partial charge in [0.2, 0.25) is 0 Å². The van der Waals surface area contributed by atoms with Gasteiger partial charge >= 0.3 is 39.5 Å². The van der Waals surface area contributed by atoms with Crippen molar-refractivity contribution in [3.63, 3.8) is 0 Å². The zero-order valence-corrected chi connectivity index (χ0v) is 68.2. The third-order valence-electron chi connectivity index (χ3n) is 19.1. The van der Waals surface area contributed by atoms with Crippen LogP contribution in [0.15, 0.2) is 0 Å². The van der Waals surface area contributed by atoms with E-state index in [1.807, 2.05) is 0 Å². The van der Waals surface area contributed by atoms with Gasteiger partial charge in [0.05, 0.1) is 26.4 Å². The Kier molecular flexibility index (Phi) is 70.9. The molecule has 0 saturated carbocycles. The summed E-state index contributed by atoms with van der Waals surface area (Å²) in [7, 11) is -9.92. The summed E-state index contributed by atoms with van der Waals surface area (Å²) >= 11 is 0. The molecule has 0 heterocycles. The van der Waals surface area contributed by atoms with E-state index in [9.17, 15) is 43.2 Å². The Bertz CT molecular complexity index is 1960. The molecule has 19 heteroatoms. The number of ether oxygens (including phenoxy) is 4. The molecule has 0 aromatic rings. The standard InChI is InChI=1S/C82H160O17P2/c1-8-9-10-11-12-13-28-36-43-51-58-65-81(86)99-78(70-93-80(85)64-57-50-45-38-41-48-55-62-75(6)7)72-97-101(90,91)95-68-76(83)67-94-100(88,89)96-71-77(69-92-79(84)63-56-49-42-35-31-26-22-19-18-21-25-30-34-40-47-54-61-74(4)5)98-82(87)66-59-52-44-37-32-27-23-17-15-14-16-20-24-29-33-39-46-53-60-73(2)3/h73-78,83H,8-72H2,1-7H3,(H,88,89)(H,90,91)/t76-,77-,78-/m1/s1. The summed E-state index contributed by atoms with van der Waals surface area (Å²) in [4.78, 5) is 73.0. The van der Waals surface area contributed by atoms with Crippen LogP contribution in [-0.4, -0.2) is 96.7 Å². The average molecular weight is 1480 g/mol. The second-order valence-corrected chi connectivity index (χ2v) is 33.8. The quantitative estimate of drug-likeness (QED) is 0.0222. The average Bonchev–Trinajstić information content (AvgIpc) is 0.996. The first-order valence-electron chi connectivity index (χ1n) is 42.3. The molecule has 0 bridgehead atoms. The molecule has 0 rings (SSSR count). The highest BCUT2D eigenvalue weighted by molar-refractivity contribution is 7.47. The van der Waals surface area contributed by atoms with Crippen molar-refractivity contribution in [3.05, 3.63) is 0 Å². The molecular formula is C82H160O17P2. The van der Waals surface area contributed by atoms with Crippen LogP contribution < -0.4 is 0 Å². The van der Waals surface area contributed by atoms with Crippen molar-refractivity contribution in [1.29, 1.82) is 0 Å². The summed E-state index contributed by atoms with van der Waals surface area (Å²) in [6.45, 7) is 11.9. The monoisotopic (exact) mass is 1480 g/mol. The molecule has 0 aliphatic heterocycles. The van der Waals surface area contributed by atoms with Crippen LogP contribution in [0.3, 0.4) is 0 Å². The summed E-state index contributed by atoms with van der Waals surface area (Å²) in [5.41, 5.74) is 0. The number of aliphatic hydroxyl groups excluding tert-OH is 1. The van der Waals surface area contributed by atoms with Crippen molar-refractivity contribution in [2.45, 2.75) is 446 Å². The second kappa shape index (κ2) is 72.3. The maximum atomic E-state index is 13.1. The largest absolute Gasteiger partial charge is 0.472 e. The molecule has 600 valence electrons. The Morgan fingerprint density at radius 2 is 0.455 bits per heavy atom. The second-order valence-electron chi connectivity index (χ2n) is 30.9. The first-order valence-corrected chi connectivity index (χ1v) is 45.3. The molecule has 17 nitrogen and oxygen atoms in total. The third-order valence-corrected chi connectivity index (χ3v) is 21.0. The van der Waals surface area contributed by atoms with E-state index in [1.54, 1.807) is 0 Å². The summed E-state index contributed by atoms with van der Waals surface area (Å²) in [5, 5.41) is 10.6. The minimum absolute atomic E-state index is 0.106. The highest BCUT2D eigenvalue weighted by Gasteiger charge is 2.30. The minimum atomic E-state index is -4.96. The van der Waals surface area contributed by atoms with Gasteiger partial charge in [-0.2, -0.15) is 0 Å². The molecule has 0 saturated heterocycles. The first kappa shape index (κ1) is 99.1. The van der Waals surface area contributed by atoms with Crippen LogP contribution in [0.4, 0.5) is 0 Å². The highest BCUT2D eigenvalue weighted by atomic mass is 31.2. The zero-order valence-electron chi connectivity index (χ0n) is 66.4. The summed E-state index contributed by atoms with van der Waals surface area (Å²) < 4.78 is 68.7. The van der Waals surface area contributed by atoms with Gasteiger partial charge in [-0.25, -0.2) is 9.13 Å². The molecule has 0 aromatic heterocycles. The van der Waals surface area contributed by atoms with Gasteiger partial charge in [0.1, 0.15) is 19.3 Å². The number of esters is 4. The Hall–Kier alpha value is -1.94. The lowest BCUT2D eigenvalue weighted by atomic mass is 10.0. The third kappa shape index (κ3) is 76.1. The number of phosphoric ester groups is 2. The minimum Gasteiger partial charge on any atom is -0.462 e. The number of aliphatic hydroxyl groups is 1. The van der Waals surface area contributed by atoms with E-state index in [1.165, 1.54) is 231 Å². The van der Waals surface area contributed by atoms with Crippen LogP contribution in [0.2, 0.25) is 0 Å². The van der Waals surface area contributed by atoms with Crippen LogP contribution in [0, 0.1) is 17.8 Å². The van der Waals surface area contributed by atoms with Crippen molar-refractivity contribution in [1.82, 2.24) is 0 Å². The number of rotatable bonds is 80. The van der Waals surface area contributed by atoms with Crippen LogP contribution in [0.5, 0.6) is 0 Å². The van der Waals surface area contributed by atoms with Gasteiger partial charge in [0, 0.05) is 25.7 Å². The molecule has 0 aromatic carbocycles. The highest BCUT2D eigenvalue weighted by Crippen LogP contribution is 2.45. The van der Waals surface area contributed by atoms with Crippen LogP contribution in [0.1, 0.15) is 427 Å². The molecule has 3 N–H and O–H groups in total. The molecule has 0 radical (unpaired) electrons. The van der Waals surface area contributed by atoms with E-state index in [0.29, 0.717) is 31.6 Å². The topological polar surface area (TPSA) is 237 Å². The number of hydrogen-bond donors (Lipinski definition) is 3. The van der Waals surface area contributed by atoms with Crippen molar-refractivity contribution in [2.24, 2.45) is 17.8 Å². The molecule has 0 spiro atoms. The van der Waals surface area contributed by atoms with Gasteiger partial charge in [0.25, 0.3) is 0 Å². The fourth-order valence-corrected chi connectivity index (χ4v) is 14.2. The molecule has 2 unspecified atom stereocenters. The lowest BCUT2D eigenvalue weighted by molar-refractivity contribution is -0.161. The molecule has 0 aliphatic rings. The predicted molar refractivity (Wildman–Crippen MR) is 414 cm³/mol. The lowest BCUT2D eigenvalue weighted by Gasteiger charge is -2.21. The summed E-state index contributed by atoms with van der Waals surface area (Å²) in [6.07, 6.45) is 61.2. The maximum Gasteiger partial charge on any atom is 0.472 e. The molecule has 0 fully saturated rings. The Labute approximate surface area is 619 Å². The number of phosphoric acid groups is 2. The summed E-state index contributed by atoms with van der Waals surface area (Å²) in [5.74, 6) is 0.227. The number of unbranched alkanes of at least 4 members (excludes halogenated alkanes) is 48. The normalized spacial score (nSPS) is 14.0. The fourth-order valence-electron chi connectivity index (χ4n) is 12.7. The van der Waals surface area contributed by atoms with Gasteiger partial charge in [-0.15, -0.1) is 0 Å². The van der Waals surface area contributed by atoms with E-state index >= 15 is 0 Å². The van der Waals surface area contributed by atoms with E-state index in [-0.39, 0.29) is 25.7 Å². The predicted octanol–water partition coefficient (Wildman–Crippen LogP) is 24.5. The Morgan fingerprint density at radius 3 is 0.673 bits per heavy atom. The number of carbonyl (C=O) groups excluding carboxylic acids is 4. The van der Waals surface area contributed by atoms with E-state index in [2.05, 4.69) is 48.5 Å². The van der Waals surface area contributed by atoms with Gasteiger partial charge in [-0.3, -0.25) is 37.3 Å². The van der Waals surface area contributed by atoms with Gasteiger partial charge in [-0.05, 0) is 43.4 Å². The van der Waals surface area contributed by atoms with Crippen molar-refractivity contribution >= 4 is 39.5 Å². The van der Waals surface area contributed by atoms with E-state index in [4.69, 9.17) is 37.0 Å².